The van der Waals surface area contributed by atoms with Crippen molar-refractivity contribution in [3.05, 3.63) is 35.4 Å². The number of amides is 1. The summed E-state index contributed by atoms with van der Waals surface area (Å²) in [5.41, 5.74) is 2.87. The lowest BCUT2D eigenvalue weighted by molar-refractivity contribution is -0.135. The molecule has 28 heavy (non-hydrogen) atoms. The van der Waals surface area contributed by atoms with Crippen LogP contribution in [0.3, 0.4) is 0 Å². The van der Waals surface area contributed by atoms with Crippen LogP contribution in [0.2, 0.25) is 0 Å². The molecule has 148 valence electrons. The van der Waals surface area contributed by atoms with Gasteiger partial charge in [0, 0.05) is 18.8 Å². The van der Waals surface area contributed by atoms with E-state index in [1.165, 1.54) is 22.9 Å². The highest BCUT2D eigenvalue weighted by Gasteiger charge is 2.42. The minimum Gasteiger partial charge on any atom is -0.325 e. The molecule has 0 radical (unpaired) electrons. The first-order valence-corrected chi connectivity index (χ1v) is 11.4. The molecule has 1 amide bonds. The number of benzene rings is 1. The third kappa shape index (κ3) is 3.97. The smallest absolute Gasteiger partial charge is 0.242 e. The Morgan fingerprint density at radius 2 is 2.07 bits per heavy atom. The number of nitrogens with one attached hydrogen (secondary N) is 1. The van der Waals surface area contributed by atoms with Crippen molar-refractivity contribution in [2.45, 2.75) is 62.3 Å². The molecule has 0 aromatic heterocycles. The number of fused-ring (bicyclic) bond motifs is 1. The van der Waals surface area contributed by atoms with Gasteiger partial charge in [0.25, 0.3) is 0 Å². The van der Waals surface area contributed by atoms with Gasteiger partial charge in [-0.2, -0.15) is 5.26 Å². The van der Waals surface area contributed by atoms with Gasteiger partial charge in [-0.1, -0.05) is 24.3 Å². The zero-order valence-corrected chi connectivity index (χ0v) is 16.9. The van der Waals surface area contributed by atoms with Crippen molar-refractivity contribution >= 4 is 23.5 Å². The quantitative estimate of drug-likeness (QED) is 0.827. The van der Waals surface area contributed by atoms with Crippen LogP contribution < -0.4 is 5.32 Å². The minimum atomic E-state index is -0.474. The molecule has 3 aliphatic rings. The SMILES string of the molecule is N#C[C@@H]1CCCN1C(=O)[C@H]1NCSC1C(=O)CC[C@H]1CCc2ccccc2C1. The van der Waals surface area contributed by atoms with Crippen molar-refractivity contribution < 1.29 is 9.59 Å². The van der Waals surface area contributed by atoms with Gasteiger partial charge < -0.3 is 4.90 Å². The summed E-state index contributed by atoms with van der Waals surface area (Å²) >= 11 is 1.54. The second kappa shape index (κ2) is 8.67. The maximum absolute atomic E-state index is 12.9. The summed E-state index contributed by atoms with van der Waals surface area (Å²) in [7, 11) is 0. The third-order valence-corrected chi connectivity index (χ3v) is 7.61. The van der Waals surface area contributed by atoms with Crippen LogP contribution in [-0.2, 0) is 22.4 Å². The first-order valence-electron chi connectivity index (χ1n) is 10.3. The number of rotatable bonds is 5. The number of nitrogens with zero attached hydrogens (tertiary/aromatic N) is 2. The molecule has 1 unspecified atom stereocenters. The molecule has 1 aliphatic carbocycles. The van der Waals surface area contributed by atoms with E-state index < -0.39 is 6.04 Å². The van der Waals surface area contributed by atoms with Gasteiger partial charge in [0.15, 0.2) is 0 Å². The zero-order chi connectivity index (χ0) is 19.5. The van der Waals surface area contributed by atoms with E-state index in [0.29, 0.717) is 24.8 Å². The topological polar surface area (TPSA) is 73.2 Å². The zero-order valence-electron chi connectivity index (χ0n) is 16.1. The van der Waals surface area contributed by atoms with Crippen LogP contribution in [0.5, 0.6) is 0 Å². The monoisotopic (exact) mass is 397 g/mol. The number of ketones is 1. The summed E-state index contributed by atoms with van der Waals surface area (Å²) in [5, 5.41) is 12.1. The fraction of sp³-hybridized carbons (Fsp3) is 0.591. The summed E-state index contributed by atoms with van der Waals surface area (Å²) in [5.74, 6) is 1.28. The standard InChI is InChI=1S/C22H27N3O2S/c23-13-18-6-3-11-25(18)22(27)20-21(28-14-24-20)19(26)10-8-15-7-9-16-4-1-2-5-17(16)12-15/h1-2,4-5,15,18,20-21,24H,3,6-12,14H2/t15-,18+,20+,21?/m1/s1. The van der Waals surface area contributed by atoms with Crippen molar-refractivity contribution in [3.8, 4) is 6.07 Å². The van der Waals surface area contributed by atoms with E-state index >= 15 is 0 Å². The van der Waals surface area contributed by atoms with Gasteiger partial charge in [-0.3, -0.25) is 14.9 Å². The fourth-order valence-corrected chi connectivity index (χ4v) is 5.94. The lowest BCUT2D eigenvalue weighted by Gasteiger charge is -2.27. The molecule has 4 rings (SSSR count). The Balaban J connectivity index is 1.33. The number of thioether (sulfide) groups is 1. The van der Waals surface area contributed by atoms with Gasteiger partial charge in [-0.25, -0.2) is 0 Å². The maximum Gasteiger partial charge on any atom is 0.242 e. The Hall–Kier alpha value is -1.84. The molecule has 6 heteroatoms. The first kappa shape index (κ1) is 19.5. The van der Waals surface area contributed by atoms with E-state index in [0.717, 1.165) is 38.5 Å². The van der Waals surface area contributed by atoms with Crippen molar-refractivity contribution in [1.29, 1.82) is 5.26 Å². The van der Waals surface area contributed by atoms with Crippen molar-refractivity contribution in [3.63, 3.8) is 0 Å². The van der Waals surface area contributed by atoms with Gasteiger partial charge in [-0.15, -0.1) is 11.8 Å². The van der Waals surface area contributed by atoms with Crippen LogP contribution in [0.25, 0.3) is 0 Å². The van der Waals surface area contributed by atoms with E-state index in [1.807, 2.05) is 0 Å². The normalized spacial score (nSPS) is 29.3. The van der Waals surface area contributed by atoms with Crippen LogP contribution in [0.1, 0.15) is 43.2 Å². The first-order chi connectivity index (χ1) is 13.7. The Kier molecular flexibility index (Phi) is 6.03. The lowest BCUT2D eigenvalue weighted by atomic mass is 9.81. The average molecular weight is 398 g/mol. The Morgan fingerprint density at radius 3 is 2.89 bits per heavy atom. The molecule has 4 atom stereocenters. The predicted octanol–water partition coefficient (Wildman–Crippen LogP) is 2.69. The van der Waals surface area contributed by atoms with Crippen LogP contribution in [0.15, 0.2) is 24.3 Å². The number of Topliss-reactive ketones (excluding diaryl/α,β-unsaturated/α-hetero) is 1. The molecule has 0 saturated carbocycles. The van der Waals surface area contributed by atoms with E-state index in [1.54, 1.807) is 4.90 Å². The van der Waals surface area contributed by atoms with Gasteiger partial charge in [-0.05, 0) is 55.6 Å². The fourth-order valence-electron chi connectivity index (χ4n) is 4.78. The summed E-state index contributed by atoms with van der Waals surface area (Å²) in [6.45, 7) is 0.627. The molecule has 2 aliphatic heterocycles. The number of likely N-dealkylation sites (tertiary alicyclic amines) is 1. The molecule has 2 fully saturated rings. The Morgan fingerprint density at radius 1 is 1.25 bits per heavy atom. The summed E-state index contributed by atoms with van der Waals surface area (Å²) in [4.78, 5) is 27.5. The molecule has 2 heterocycles. The van der Waals surface area contributed by atoms with E-state index in [-0.39, 0.29) is 23.0 Å². The lowest BCUT2D eigenvalue weighted by Crippen LogP contribution is -2.51. The average Bonchev–Trinajstić information content (AvgIpc) is 3.40. The molecule has 5 nitrogen and oxygen atoms in total. The van der Waals surface area contributed by atoms with Crippen molar-refractivity contribution in [1.82, 2.24) is 10.2 Å². The van der Waals surface area contributed by atoms with Gasteiger partial charge in [0.05, 0.1) is 11.3 Å². The second-order valence-corrected chi connectivity index (χ2v) is 9.24. The van der Waals surface area contributed by atoms with Crippen LogP contribution in [0, 0.1) is 17.2 Å². The van der Waals surface area contributed by atoms with Crippen molar-refractivity contribution in [2.75, 3.05) is 12.4 Å². The molecule has 0 bridgehead atoms. The van der Waals surface area contributed by atoms with E-state index in [9.17, 15) is 14.9 Å². The number of aryl methyl sites for hydroxylation is 1. The summed E-state index contributed by atoms with van der Waals surface area (Å²) < 4.78 is 0. The molecular weight excluding hydrogens is 370 g/mol. The largest absolute Gasteiger partial charge is 0.325 e. The van der Waals surface area contributed by atoms with Gasteiger partial charge in [0.2, 0.25) is 5.91 Å². The van der Waals surface area contributed by atoms with Crippen LogP contribution in [-0.4, -0.2) is 46.3 Å². The van der Waals surface area contributed by atoms with Crippen LogP contribution in [0.4, 0.5) is 0 Å². The molecule has 2 saturated heterocycles. The van der Waals surface area contributed by atoms with Crippen molar-refractivity contribution in [2.24, 2.45) is 5.92 Å². The highest BCUT2D eigenvalue weighted by molar-refractivity contribution is 8.00. The molecular formula is C22H27N3O2S. The number of nitriles is 1. The third-order valence-electron chi connectivity index (χ3n) is 6.39. The minimum absolute atomic E-state index is 0.0704. The molecule has 1 aromatic rings. The number of hydrogen-bond donors (Lipinski definition) is 1. The highest BCUT2D eigenvalue weighted by atomic mass is 32.2. The van der Waals surface area contributed by atoms with E-state index in [4.69, 9.17) is 0 Å². The highest BCUT2D eigenvalue weighted by Crippen LogP contribution is 2.31. The summed E-state index contributed by atoms with van der Waals surface area (Å²) in [6, 6.07) is 10.0. The maximum atomic E-state index is 12.9. The Labute approximate surface area is 170 Å². The second-order valence-electron chi connectivity index (χ2n) is 8.11. The molecule has 1 aromatic carbocycles. The van der Waals surface area contributed by atoms with Crippen LogP contribution >= 0.6 is 11.8 Å². The van der Waals surface area contributed by atoms with Gasteiger partial charge in [0.1, 0.15) is 17.9 Å². The summed E-state index contributed by atoms with van der Waals surface area (Å²) in [6.07, 6.45) is 6.34. The predicted molar refractivity (Wildman–Crippen MR) is 110 cm³/mol. The van der Waals surface area contributed by atoms with E-state index in [2.05, 4.69) is 35.7 Å². The molecule has 1 N–H and O–H groups in total. The Bertz CT molecular complexity index is 790. The van der Waals surface area contributed by atoms with Gasteiger partial charge >= 0.3 is 0 Å². The number of hydrogen-bond acceptors (Lipinski definition) is 5. The number of carbonyl (C=O) groups excluding carboxylic acids is 2. The molecule has 0 spiro atoms. The number of carbonyl (C=O) groups is 2.